The third-order valence-electron chi connectivity index (χ3n) is 4.05. The van der Waals surface area contributed by atoms with E-state index in [2.05, 4.69) is 10.6 Å². The number of methoxy groups -OCH3 is 1. The van der Waals surface area contributed by atoms with E-state index in [-0.39, 0.29) is 12.1 Å². The first-order chi connectivity index (χ1) is 12.9. The number of rotatable bonds is 8. The van der Waals surface area contributed by atoms with Gasteiger partial charge in [-0.3, -0.25) is 0 Å². The summed E-state index contributed by atoms with van der Waals surface area (Å²) in [4.78, 5) is 24.8. The predicted molar refractivity (Wildman–Crippen MR) is 102 cm³/mol. The Morgan fingerprint density at radius 3 is 2.56 bits per heavy atom. The largest absolute Gasteiger partial charge is 0.493 e. The summed E-state index contributed by atoms with van der Waals surface area (Å²) in [6.07, 6.45) is 1.12. The summed E-state index contributed by atoms with van der Waals surface area (Å²) in [7, 11) is 1.56. The zero-order valence-electron chi connectivity index (χ0n) is 16.5. The highest BCUT2D eigenvalue weighted by Gasteiger charge is 2.34. The van der Waals surface area contributed by atoms with Gasteiger partial charge in [0.15, 0.2) is 11.5 Å². The number of amides is 2. The fourth-order valence-corrected chi connectivity index (χ4v) is 2.86. The Balaban J connectivity index is 2.46. The van der Waals surface area contributed by atoms with Gasteiger partial charge < -0.3 is 24.8 Å². The molecule has 2 amide bonds. The van der Waals surface area contributed by atoms with Gasteiger partial charge in [-0.15, -0.1) is 0 Å². The van der Waals surface area contributed by atoms with Gasteiger partial charge in [0.1, 0.15) is 0 Å². The maximum absolute atomic E-state index is 12.7. The van der Waals surface area contributed by atoms with Gasteiger partial charge in [-0.1, -0.05) is 19.9 Å². The summed E-state index contributed by atoms with van der Waals surface area (Å²) in [6, 6.07) is 4.39. The molecule has 1 aliphatic rings. The lowest BCUT2D eigenvalue weighted by molar-refractivity contribution is -0.143. The van der Waals surface area contributed by atoms with Crippen LogP contribution in [0.25, 0.3) is 0 Å². The van der Waals surface area contributed by atoms with Crippen LogP contribution in [0.5, 0.6) is 11.5 Å². The van der Waals surface area contributed by atoms with Crippen LogP contribution in [0.15, 0.2) is 29.5 Å². The van der Waals surface area contributed by atoms with E-state index in [1.807, 2.05) is 19.9 Å². The van der Waals surface area contributed by atoms with Crippen LogP contribution in [0, 0.1) is 0 Å². The number of carbonyl (C=O) groups excluding carboxylic acids is 2. The standard InChI is InChI=1S/C20H28N2O5/c1-6-10-26-15-9-8-13(11-16(15)25-5)18-17(19(23)27-12(3)4)14(7-2)21-20(24)22-18/h8-9,11-12,18H,6-7,10H2,1-5H3,(H2,21,22,24). The number of carbonyl (C=O) groups is 2. The van der Waals surface area contributed by atoms with Crippen molar-refractivity contribution in [3.8, 4) is 11.5 Å². The molecule has 2 N–H and O–H groups in total. The summed E-state index contributed by atoms with van der Waals surface area (Å²) < 4.78 is 16.5. The summed E-state index contributed by atoms with van der Waals surface area (Å²) in [5.74, 6) is 0.711. The van der Waals surface area contributed by atoms with E-state index in [0.29, 0.717) is 41.4 Å². The molecular weight excluding hydrogens is 348 g/mol. The van der Waals surface area contributed by atoms with Crippen molar-refractivity contribution >= 4 is 12.0 Å². The van der Waals surface area contributed by atoms with Crippen molar-refractivity contribution in [2.24, 2.45) is 0 Å². The average molecular weight is 376 g/mol. The van der Waals surface area contributed by atoms with E-state index in [1.54, 1.807) is 33.1 Å². The Bertz CT molecular complexity index is 727. The second-order valence-corrected chi connectivity index (χ2v) is 6.49. The SMILES string of the molecule is CCCOc1ccc(C2NC(=O)NC(CC)=C2C(=O)OC(C)C)cc1OC. The molecule has 0 saturated carbocycles. The molecular formula is C20H28N2O5. The van der Waals surface area contributed by atoms with E-state index in [9.17, 15) is 9.59 Å². The lowest BCUT2D eigenvalue weighted by Crippen LogP contribution is -2.46. The van der Waals surface area contributed by atoms with E-state index in [0.717, 1.165) is 6.42 Å². The van der Waals surface area contributed by atoms with Gasteiger partial charge in [-0.2, -0.15) is 0 Å². The minimum atomic E-state index is -0.630. The van der Waals surface area contributed by atoms with Gasteiger partial charge in [-0.05, 0) is 44.4 Å². The van der Waals surface area contributed by atoms with Crippen molar-refractivity contribution < 1.29 is 23.8 Å². The molecule has 1 unspecified atom stereocenters. The van der Waals surface area contributed by atoms with Crippen LogP contribution in [0.2, 0.25) is 0 Å². The predicted octanol–water partition coefficient (Wildman–Crippen LogP) is 3.45. The van der Waals surface area contributed by atoms with Gasteiger partial charge in [0.05, 0.1) is 31.4 Å². The molecule has 0 radical (unpaired) electrons. The maximum atomic E-state index is 12.7. The molecule has 1 aliphatic heterocycles. The van der Waals surface area contributed by atoms with Crippen molar-refractivity contribution in [1.29, 1.82) is 0 Å². The third-order valence-corrected chi connectivity index (χ3v) is 4.05. The zero-order chi connectivity index (χ0) is 20.0. The lowest BCUT2D eigenvalue weighted by atomic mass is 9.94. The normalized spacial score (nSPS) is 16.7. The van der Waals surface area contributed by atoms with Crippen LogP contribution in [-0.2, 0) is 9.53 Å². The van der Waals surface area contributed by atoms with E-state index < -0.39 is 12.0 Å². The maximum Gasteiger partial charge on any atom is 0.338 e. The Hall–Kier alpha value is -2.70. The van der Waals surface area contributed by atoms with Crippen molar-refractivity contribution in [2.75, 3.05) is 13.7 Å². The van der Waals surface area contributed by atoms with Crippen LogP contribution in [-0.4, -0.2) is 31.8 Å². The summed E-state index contributed by atoms with van der Waals surface area (Å²) in [6.45, 7) is 8.05. The lowest BCUT2D eigenvalue weighted by Gasteiger charge is -2.30. The summed E-state index contributed by atoms with van der Waals surface area (Å²) >= 11 is 0. The minimum absolute atomic E-state index is 0.263. The Kier molecular flexibility index (Phi) is 7.10. The second-order valence-electron chi connectivity index (χ2n) is 6.49. The van der Waals surface area contributed by atoms with Gasteiger partial charge in [0.25, 0.3) is 0 Å². The van der Waals surface area contributed by atoms with Crippen LogP contribution in [0.3, 0.4) is 0 Å². The Morgan fingerprint density at radius 1 is 1.22 bits per heavy atom. The van der Waals surface area contributed by atoms with Gasteiger partial charge in [0, 0.05) is 5.70 Å². The molecule has 0 bridgehead atoms. The fourth-order valence-electron chi connectivity index (χ4n) is 2.86. The molecule has 0 spiro atoms. The van der Waals surface area contributed by atoms with Crippen molar-refractivity contribution in [1.82, 2.24) is 10.6 Å². The molecule has 2 rings (SSSR count). The molecule has 1 aromatic rings. The zero-order valence-corrected chi connectivity index (χ0v) is 16.5. The molecule has 0 aliphatic carbocycles. The Morgan fingerprint density at radius 2 is 1.96 bits per heavy atom. The molecule has 0 fully saturated rings. The van der Waals surface area contributed by atoms with Crippen molar-refractivity contribution in [3.05, 3.63) is 35.0 Å². The van der Waals surface area contributed by atoms with Crippen LogP contribution in [0.4, 0.5) is 4.79 Å². The molecule has 0 saturated heterocycles. The number of urea groups is 1. The Labute approximate surface area is 160 Å². The quantitative estimate of drug-likeness (QED) is 0.679. The van der Waals surface area contributed by atoms with Gasteiger partial charge >= 0.3 is 12.0 Å². The monoisotopic (exact) mass is 376 g/mol. The third kappa shape index (κ3) is 4.93. The topological polar surface area (TPSA) is 85.9 Å². The highest BCUT2D eigenvalue weighted by molar-refractivity contribution is 5.95. The first-order valence-corrected chi connectivity index (χ1v) is 9.23. The number of hydrogen-bond donors (Lipinski definition) is 2. The number of allylic oxidation sites excluding steroid dienone is 1. The van der Waals surface area contributed by atoms with Crippen LogP contribution >= 0.6 is 0 Å². The summed E-state index contributed by atoms with van der Waals surface area (Å²) in [5.41, 5.74) is 1.67. The number of ether oxygens (including phenoxy) is 3. The van der Waals surface area contributed by atoms with E-state index in [4.69, 9.17) is 14.2 Å². The molecule has 1 aromatic carbocycles. The molecule has 7 heteroatoms. The van der Waals surface area contributed by atoms with Crippen molar-refractivity contribution in [3.63, 3.8) is 0 Å². The van der Waals surface area contributed by atoms with E-state index in [1.165, 1.54) is 0 Å². The molecule has 148 valence electrons. The number of esters is 1. The highest BCUT2D eigenvalue weighted by Crippen LogP contribution is 2.35. The smallest absolute Gasteiger partial charge is 0.338 e. The van der Waals surface area contributed by atoms with E-state index >= 15 is 0 Å². The first kappa shape index (κ1) is 20.6. The van der Waals surface area contributed by atoms with Crippen LogP contribution in [0.1, 0.15) is 52.1 Å². The van der Waals surface area contributed by atoms with Gasteiger partial charge in [-0.25, -0.2) is 9.59 Å². The minimum Gasteiger partial charge on any atom is -0.493 e. The number of hydrogen-bond acceptors (Lipinski definition) is 5. The van der Waals surface area contributed by atoms with Crippen LogP contribution < -0.4 is 20.1 Å². The summed E-state index contributed by atoms with van der Waals surface area (Å²) in [5, 5.41) is 5.52. The number of benzene rings is 1. The highest BCUT2D eigenvalue weighted by atomic mass is 16.5. The molecule has 0 aromatic heterocycles. The number of nitrogens with one attached hydrogen (secondary N) is 2. The first-order valence-electron chi connectivity index (χ1n) is 9.23. The average Bonchev–Trinajstić information content (AvgIpc) is 2.64. The molecule has 1 atom stereocenters. The second kappa shape index (κ2) is 9.30. The van der Waals surface area contributed by atoms with Crippen molar-refractivity contribution in [2.45, 2.75) is 52.7 Å². The molecule has 7 nitrogen and oxygen atoms in total. The molecule has 27 heavy (non-hydrogen) atoms. The van der Waals surface area contributed by atoms with Gasteiger partial charge in [0.2, 0.25) is 0 Å². The molecule has 1 heterocycles. The fraction of sp³-hybridized carbons (Fsp3) is 0.500.